The van der Waals surface area contributed by atoms with Crippen LogP contribution < -0.4 is 5.73 Å². The molecule has 0 aliphatic rings. The molecule has 1 rings (SSSR count). The third-order valence-corrected chi connectivity index (χ3v) is 2.68. The Hall–Kier alpha value is -1.06. The van der Waals surface area contributed by atoms with Crippen LogP contribution in [0.1, 0.15) is 23.6 Å². The van der Waals surface area contributed by atoms with Gasteiger partial charge in [-0.15, -0.1) is 12.4 Å². The number of aryl methyl sites for hydroxylation is 2. The first-order chi connectivity index (χ1) is 7.41. The highest BCUT2D eigenvalue weighted by molar-refractivity contribution is 5.85. The molecule has 1 unspecified atom stereocenters. The molecule has 0 spiro atoms. The van der Waals surface area contributed by atoms with E-state index in [1.807, 2.05) is 0 Å². The first-order valence-electron chi connectivity index (χ1n) is 5.48. The van der Waals surface area contributed by atoms with Crippen LogP contribution >= 0.6 is 12.4 Å². The van der Waals surface area contributed by atoms with Crippen LogP contribution in [0.15, 0.2) is 18.2 Å². The molecular weight excluding hydrogens is 236 g/mol. The average Bonchev–Trinajstić information content (AvgIpc) is 2.22. The summed E-state index contributed by atoms with van der Waals surface area (Å²) in [6.07, 6.45) is 0. The van der Waals surface area contributed by atoms with Crippen molar-refractivity contribution in [2.75, 3.05) is 7.05 Å². The lowest BCUT2D eigenvalue weighted by molar-refractivity contribution is -0.131. The molecule has 0 bridgehead atoms. The molecule has 1 atom stereocenters. The van der Waals surface area contributed by atoms with Crippen molar-refractivity contribution >= 4 is 18.3 Å². The van der Waals surface area contributed by atoms with E-state index in [0.29, 0.717) is 6.54 Å². The molecule has 1 amide bonds. The fourth-order valence-corrected chi connectivity index (χ4v) is 1.65. The number of carbonyl (C=O) groups excluding carboxylic acids is 1. The van der Waals surface area contributed by atoms with Crippen LogP contribution in [0.2, 0.25) is 0 Å². The number of benzene rings is 1. The fourth-order valence-electron chi connectivity index (χ4n) is 1.65. The van der Waals surface area contributed by atoms with Crippen LogP contribution in [0.5, 0.6) is 0 Å². The summed E-state index contributed by atoms with van der Waals surface area (Å²) in [4.78, 5) is 13.3. The molecule has 0 fully saturated rings. The monoisotopic (exact) mass is 256 g/mol. The van der Waals surface area contributed by atoms with Gasteiger partial charge in [-0.25, -0.2) is 0 Å². The molecule has 4 heteroatoms. The van der Waals surface area contributed by atoms with Crippen molar-refractivity contribution in [1.29, 1.82) is 0 Å². The zero-order valence-electron chi connectivity index (χ0n) is 10.9. The van der Waals surface area contributed by atoms with E-state index < -0.39 is 6.04 Å². The molecule has 0 saturated heterocycles. The summed E-state index contributed by atoms with van der Waals surface area (Å²) in [7, 11) is 1.79. The molecule has 0 aromatic heterocycles. The second kappa shape index (κ2) is 6.62. The van der Waals surface area contributed by atoms with Crippen LogP contribution in [-0.4, -0.2) is 23.9 Å². The number of hydrogen-bond acceptors (Lipinski definition) is 2. The van der Waals surface area contributed by atoms with Crippen LogP contribution in [0, 0.1) is 13.8 Å². The molecule has 96 valence electrons. The van der Waals surface area contributed by atoms with Crippen LogP contribution in [-0.2, 0) is 11.3 Å². The molecule has 1 aromatic carbocycles. The zero-order chi connectivity index (χ0) is 12.3. The Kier molecular flexibility index (Phi) is 6.21. The normalized spacial score (nSPS) is 11.6. The highest BCUT2D eigenvalue weighted by Gasteiger charge is 2.14. The standard InChI is InChI=1S/C13H20N2O.ClH/c1-9-5-6-10(2)12(7-9)8-15(4)13(16)11(3)14;/h5-7,11H,8,14H2,1-4H3;1H. The summed E-state index contributed by atoms with van der Waals surface area (Å²) in [5.74, 6) is -0.0269. The van der Waals surface area contributed by atoms with E-state index in [2.05, 4.69) is 32.0 Å². The zero-order valence-corrected chi connectivity index (χ0v) is 11.7. The van der Waals surface area contributed by atoms with Gasteiger partial charge >= 0.3 is 0 Å². The number of halogens is 1. The number of rotatable bonds is 3. The molecule has 0 saturated carbocycles. The van der Waals surface area contributed by atoms with Crippen molar-refractivity contribution in [3.63, 3.8) is 0 Å². The lowest BCUT2D eigenvalue weighted by Gasteiger charge is -2.20. The van der Waals surface area contributed by atoms with Crippen LogP contribution in [0.4, 0.5) is 0 Å². The van der Waals surface area contributed by atoms with Crippen molar-refractivity contribution in [3.8, 4) is 0 Å². The van der Waals surface area contributed by atoms with E-state index in [0.717, 1.165) is 0 Å². The van der Waals surface area contributed by atoms with Gasteiger partial charge in [-0.2, -0.15) is 0 Å². The summed E-state index contributed by atoms with van der Waals surface area (Å²) in [5.41, 5.74) is 9.16. The van der Waals surface area contributed by atoms with E-state index in [9.17, 15) is 4.79 Å². The minimum Gasteiger partial charge on any atom is -0.340 e. The smallest absolute Gasteiger partial charge is 0.239 e. The lowest BCUT2D eigenvalue weighted by Crippen LogP contribution is -2.39. The largest absolute Gasteiger partial charge is 0.340 e. The predicted molar refractivity (Wildman–Crippen MR) is 73.3 cm³/mol. The van der Waals surface area contributed by atoms with E-state index in [1.54, 1.807) is 18.9 Å². The van der Waals surface area contributed by atoms with E-state index >= 15 is 0 Å². The highest BCUT2D eigenvalue weighted by Crippen LogP contribution is 2.12. The van der Waals surface area contributed by atoms with Gasteiger partial charge in [-0.1, -0.05) is 23.8 Å². The van der Waals surface area contributed by atoms with E-state index in [1.165, 1.54) is 16.7 Å². The fraction of sp³-hybridized carbons (Fsp3) is 0.462. The third kappa shape index (κ3) is 4.36. The van der Waals surface area contributed by atoms with Gasteiger partial charge in [0.25, 0.3) is 0 Å². The van der Waals surface area contributed by atoms with Crippen molar-refractivity contribution in [3.05, 3.63) is 34.9 Å². The van der Waals surface area contributed by atoms with Crippen molar-refractivity contribution in [2.45, 2.75) is 33.4 Å². The average molecular weight is 257 g/mol. The number of carbonyl (C=O) groups is 1. The van der Waals surface area contributed by atoms with Gasteiger partial charge in [0.05, 0.1) is 6.04 Å². The predicted octanol–water partition coefficient (Wildman–Crippen LogP) is 2.03. The molecule has 1 aromatic rings. The number of nitrogens with two attached hydrogens (primary N) is 1. The minimum absolute atomic E-state index is 0. The summed E-state index contributed by atoms with van der Waals surface area (Å²) < 4.78 is 0. The topological polar surface area (TPSA) is 46.3 Å². The Morgan fingerprint density at radius 1 is 1.41 bits per heavy atom. The van der Waals surface area contributed by atoms with Crippen molar-refractivity contribution in [2.24, 2.45) is 5.73 Å². The van der Waals surface area contributed by atoms with E-state index in [-0.39, 0.29) is 18.3 Å². The van der Waals surface area contributed by atoms with Gasteiger partial charge in [0.2, 0.25) is 5.91 Å². The summed E-state index contributed by atoms with van der Waals surface area (Å²) >= 11 is 0. The maximum atomic E-state index is 11.6. The van der Waals surface area contributed by atoms with Crippen molar-refractivity contribution < 1.29 is 4.79 Å². The molecular formula is C13H21ClN2O. The maximum absolute atomic E-state index is 11.6. The molecule has 17 heavy (non-hydrogen) atoms. The Bertz CT molecular complexity index is 391. The van der Waals surface area contributed by atoms with Gasteiger partial charge in [0, 0.05) is 13.6 Å². The Balaban J connectivity index is 0.00000256. The number of likely N-dealkylation sites (N-methyl/N-ethyl adjacent to an activating group) is 1. The summed E-state index contributed by atoms with van der Waals surface area (Å²) in [6, 6.07) is 5.83. The van der Waals surface area contributed by atoms with E-state index in [4.69, 9.17) is 5.73 Å². The first-order valence-corrected chi connectivity index (χ1v) is 5.48. The number of amides is 1. The Morgan fingerprint density at radius 2 is 2.00 bits per heavy atom. The first kappa shape index (κ1) is 15.9. The Morgan fingerprint density at radius 3 is 2.53 bits per heavy atom. The van der Waals surface area contributed by atoms with Gasteiger partial charge in [-0.3, -0.25) is 4.79 Å². The molecule has 0 aliphatic heterocycles. The number of nitrogens with zero attached hydrogens (tertiary/aromatic N) is 1. The SMILES string of the molecule is Cc1ccc(C)c(CN(C)C(=O)C(C)N)c1.Cl. The second-order valence-electron chi connectivity index (χ2n) is 4.41. The molecule has 0 aliphatic carbocycles. The van der Waals surface area contributed by atoms with Gasteiger partial charge in [-0.05, 0) is 31.9 Å². The van der Waals surface area contributed by atoms with Gasteiger partial charge < -0.3 is 10.6 Å². The molecule has 0 heterocycles. The molecule has 3 nitrogen and oxygen atoms in total. The quantitative estimate of drug-likeness (QED) is 0.900. The van der Waals surface area contributed by atoms with Gasteiger partial charge in [0.15, 0.2) is 0 Å². The van der Waals surface area contributed by atoms with Gasteiger partial charge in [0.1, 0.15) is 0 Å². The highest BCUT2D eigenvalue weighted by atomic mass is 35.5. The number of hydrogen-bond donors (Lipinski definition) is 1. The minimum atomic E-state index is -0.435. The second-order valence-corrected chi connectivity index (χ2v) is 4.41. The molecule has 2 N–H and O–H groups in total. The van der Waals surface area contributed by atoms with Crippen molar-refractivity contribution in [1.82, 2.24) is 4.90 Å². The summed E-state index contributed by atoms with van der Waals surface area (Å²) in [6.45, 7) is 6.44. The van der Waals surface area contributed by atoms with Crippen LogP contribution in [0.3, 0.4) is 0 Å². The van der Waals surface area contributed by atoms with Crippen LogP contribution in [0.25, 0.3) is 0 Å². The maximum Gasteiger partial charge on any atom is 0.239 e. The molecule has 0 radical (unpaired) electrons. The third-order valence-electron chi connectivity index (χ3n) is 2.68. The Labute approximate surface area is 109 Å². The lowest BCUT2D eigenvalue weighted by atomic mass is 10.1. The summed E-state index contributed by atoms with van der Waals surface area (Å²) in [5, 5.41) is 0.